The van der Waals surface area contributed by atoms with Gasteiger partial charge in [0, 0.05) is 22.9 Å². The normalized spacial score (nSPS) is 15.9. The molecule has 5 rings (SSSR count). The number of imidazole rings is 1. The monoisotopic (exact) mass is 463 g/mol. The molecule has 0 atom stereocenters. The van der Waals surface area contributed by atoms with Crippen molar-refractivity contribution in [1.29, 1.82) is 0 Å². The highest BCUT2D eigenvalue weighted by atomic mass is 19.1. The summed E-state index contributed by atoms with van der Waals surface area (Å²) in [6.45, 7) is 5.19. The molecule has 2 aromatic heterocycles. The lowest BCUT2D eigenvalue weighted by atomic mass is 9.96. The van der Waals surface area contributed by atoms with Gasteiger partial charge in [-0.05, 0) is 54.6 Å². The highest BCUT2D eigenvalue weighted by molar-refractivity contribution is 5.77. The average Bonchev–Trinajstić information content (AvgIpc) is 3.27. The highest BCUT2D eigenvalue weighted by Gasteiger charge is 2.32. The van der Waals surface area contributed by atoms with E-state index in [4.69, 9.17) is 14.5 Å². The Morgan fingerprint density at radius 1 is 0.912 bits per heavy atom. The summed E-state index contributed by atoms with van der Waals surface area (Å²) in [6, 6.07) is 13.7. The molecule has 1 saturated heterocycles. The minimum absolute atomic E-state index is 0.0840. The molecule has 0 radical (unpaired) electrons. The summed E-state index contributed by atoms with van der Waals surface area (Å²) in [7, 11) is 0. The van der Waals surface area contributed by atoms with Crippen molar-refractivity contribution in [3.8, 4) is 22.6 Å². The summed E-state index contributed by atoms with van der Waals surface area (Å²) in [5.41, 5.74) is 3.03. The first-order valence-electron chi connectivity index (χ1n) is 10.8. The van der Waals surface area contributed by atoms with Gasteiger partial charge in [0.1, 0.15) is 11.6 Å². The van der Waals surface area contributed by atoms with Crippen LogP contribution in [0.4, 0.5) is 20.4 Å². The maximum atomic E-state index is 13.6. The molecular weight excluding hydrogens is 440 g/mol. The number of rotatable bonds is 5. The van der Waals surface area contributed by atoms with Crippen LogP contribution in [0, 0.1) is 17.0 Å². The molecule has 7 nitrogen and oxygen atoms in total. The Bertz CT molecular complexity index is 1280. The topological polar surface area (TPSA) is 85.0 Å². The van der Waals surface area contributed by atoms with Gasteiger partial charge in [0.25, 0.3) is 0 Å². The van der Waals surface area contributed by atoms with Gasteiger partial charge < -0.3 is 19.8 Å². The number of ether oxygens (including phenoxy) is 2. The standard InChI is InChI=1S/C25H23F2N5O2/c1-25(2)13-33-23(34-14-25)22-31-20(15-3-5-16(26)6-4-15)21(32-22)19-11-12-28-24(30-19)29-18-9-7-17(27)8-10-18/h3-12,23H,13-14H2,1-2H3,(H,31,32)(H,28,29,30). The Kier molecular flexibility index (Phi) is 5.80. The summed E-state index contributed by atoms with van der Waals surface area (Å²) in [6.07, 6.45) is 0.957. The molecule has 1 aliphatic rings. The summed E-state index contributed by atoms with van der Waals surface area (Å²) in [5, 5.41) is 3.07. The molecule has 1 fully saturated rings. The molecule has 0 amide bonds. The van der Waals surface area contributed by atoms with Crippen molar-refractivity contribution < 1.29 is 18.3 Å². The van der Waals surface area contributed by atoms with Crippen molar-refractivity contribution >= 4 is 11.6 Å². The van der Waals surface area contributed by atoms with Gasteiger partial charge in [0.15, 0.2) is 5.82 Å². The zero-order valence-corrected chi connectivity index (χ0v) is 18.7. The van der Waals surface area contributed by atoms with Crippen LogP contribution < -0.4 is 5.32 Å². The van der Waals surface area contributed by atoms with Gasteiger partial charge in [-0.25, -0.2) is 23.7 Å². The third-order valence-electron chi connectivity index (χ3n) is 5.33. The van der Waals surface area contributed by atoms with E-state index in [9.17, 15) is 8.78 Å². The average molecular weight is 463 g/mol. The Morgan fingerprint density at radius 2 is 1.56 bits per heavy atom. The number of hydrogen-bond donors (Lipinski definition) is 2. The quantitative estimate of drug-likeness (QED) is 0.399. The Balaban J connectivity index is 1.51. The molecule has 0 unspecified atom stereocenters. The van der Waals surface area contributed by atoms with Crippen LogP contribution in [0.15, 0.2) is 60.8 Å². The number of H-pyrrole nitrogens is 1. The van der Waals surface area contributed by atoms with Gasteiger partial charge in [-0.15, -0.1) is 0 Å². The zero-order chi connectivity index (χ0) is 23.7. The van der Waals surface area contributed by atoms with Gasteiger partial charge in [0.2, 0.25) is 12.2 Å². The fraction of sp³-hybridized carbons (Fsp3) is 0.240. The number of hydrogen-bond acceptors (Lipinski definition) is 6. The third kappa shape index (κ3) is 4.80. The van der Waals surface area contributed by atoms with Crippen LogP contribution in [0.5, 0.6) is 0 Å². The molecule has 0 aliphatic carbocycles. The van der Waals surface area contributed by atoms with E-state index in [1.807, 2.05) is 0 Å². The number of aromatic amines is 1. The second-order valence-electron chi connectivity index (χ2n) is 8.87. The van der Waals surface area contributed by atoms with Gasteiger partial charge in [-0.2, -0.15) is 0 Å². The summed E-state index contributed by atoms with van der Waals surface area (Å²) in [4.78, 5) is 16.9. The zero-order valence-electron chi connectivity index (χ0n) is 18.7. The maximum absolute atomic E-state index is 13.6. The minimum atomic E-state index is -0.653. The largest absolute Gasteiger partial charge is 0.345 e. The van der Waals surface area contributed by atoms with Crippen LogP contribution in [0.25, 0.3) is 22.6 Å². The van der Waals surface area contributed by atoms with Crippen molar-refractivity contribution in [3.05, 3.63) is 78.3 Å². The second kappa shape index (κ2) is 8.92. The van der Waals surface area contributed by atoms with E-state index in [1.165, 1.54) is 24.3 Å². The van der Waals surface area contributed by atoms with Crippen LogP contribution in [-0.2, 0) is 9.47 Å². The van der Waals surface area contributed by atoms with E-state index in [-0.39, 0.29) is 17.0 Å². The number of benzene rings is 2. The van der Waals surface area contributed by atoms with E-state index in [0.717, 1.165) is 0 Å². The van der Waals surface area contributed by atoms with Crippen molar-refractivity contribution in [1.82, 2.24) is 19.9 Å². The Morgan fingerprint density at radius 3 is 2.24 bits per heavy atom. The van der Waals surface area contributed by atoms with Gasteiger partial charge in [0.05, 0.1) is 30.3 Å². The van der Waals surface area contributed by atoms with Crippen LogP contribution in [0.1, 0.15) is 26.0 Å². The van der Waals surface area contributed by atoms with E-state index in [0.29, 0.717) is 53.3 Å². The molecule has 0 bridgehead atoms. The lowest BCUT2D eigenvalue weighted by Crippen LogP contribution is -2.34. The molecule has 3 heterocycles. The van der Waals surface area contributed by atoms with Crippen LogP contribution in [-0.4, -0.2) is 33.1 Å². The van der Waals surface area contributed by atoms with Crippen molar-refractivity contribution in [2.24, 2.45) is 5.41 Å². The van der Waals surface area contributed by atoms with E-state index < -0.39 is 6.29 Å². The van der Waals surface area contributed by atoms with E-state index in [2.05, 4.69) is 34.1 Å². The number of anilines is 2. The fourth-order valence-corrected chi connectivity index (χ4v) is 3.58. The van der Waals surface area contributed by atoms with Crippen molar-refractivity contribution in [2.75, 3.05) is 18.5 Å². The Hall–Kier alpha value is -3.69. The van der Waals surface area contributed by atoms with Gasteiger partial charge in [-0.1, -0.05) is 13.8 Å². The summed E-state index contributed by atoms with van der Waals surface area (Å²) in [5.74, 6) is 0.161. The number of nitrogens with one attached hydrogen (secondary N) is 2. The first-order chi connectivity index (χ1) is 16.4. The lowest BCUT2D eigenvalue weighted by Gasteiger charge is -2.33. The van der Waals surface area contributed by atoms with Gasteiger partial charge in [-0.3, -0.25) is 0 Å². The highest BCUT2D eigenvalue weighted by Crippen LogP contribution is 2.35. The van der Waals surface area contributed by atoms with E-state index >= 15 is 0 Å². The molecule has 1 aliphatic heterocycles. The lowest BCUT2D eigenvalue weighted by molar-refractivity contribution is -0.229. The Labute approximate surface area is 195 Å². The van der Waals surface area contributed by atoms with Gasteiger partial charge >= 0.3 is 0 Å². The smallest absolute Gasteiger partial charge is 0.227 e. The maximum Gasteiger partial charge on any atom is 0.227 e. The molecule has 2 N–H and O–H groups in total. The predicted octanol–water partition coefficient (Wildman–Crippen LogP) is 5.63. The van der Waals surface area contributed by atoms with Crippen LogP contribution >= 0.6 is 0 Å². The molecule has 9 heteroatoms. The summed E-state index contributed by atoms with van der Waals surface area (Å²) < 4.78 is 38.6. The predicted molar refractivity (Wildman–Crippen MR) is 123 cm³/mol. The summed E-state index contributed by atoms with van der Waals surface area (Å²) >= 11 is 0. The van der Waals surface area contributed by atoms with E-state index in [1.54, 1.807) is 36.5 Å². The molecule has 2 aromatic carbocycles. The SMILES string of the molecule is CC1(C)COC(c2nc(-c3ccc(F)cc3)c(-c3ccnc(Nc4ccc(F)cc4)n3)[nH]2)OC1. The third-order valence-corrected chi connectivity index (χ3v) is 5.33. The minimum Gasteiger partial charge on any atom is -0.345 e. The molecular formula is C25H23F2N5O2. The first kappa shape index (κ1) is 22.1. The molecule has 0 spiro atoms. The van der Waals surface area contributed by atoms with Crippen LogP contribution in [0.2, 0.25) is 0 Å². The van der Waals surface area contributed by atoms with Crippen LogP contribution in [0.3, 0.4) is 0 Å². The van der Waals surface area contributed by atoms with Crippen molar-refractivity contribution in [2.45, 2.75) is 20.1 Å². The van der Waals surface area contributed by atoms with Crippen molar-refractivity contribution in [3.63, 3.8) is 0 Å². The molecule has 34 heavy (non-hydrogen) atoms. The number of nitrogens with zero attached hydrogens (tertiary/aromatic N) is 3. The molecule has 4 aromatic rings. The molecule has 0 saturated carbocycles. The molecule has 174 valence electrons. The number of aromatic nitrogens is 4. The number of halogens is 2. The first-order valence-corrected chi connectivity index (χ1v) is 10.8. The fourth-order valence-electron chi connectivity index (χ4n) is 3.58. The second-order valence-corrected chi connectivity index (χ2v) is 8.87.